The zero-order valence-corrected chi connectivity index (χ0v) is 17.6. The van der Waals surface area contributed by atoms with Gasteiger partial charge in [0, 0.05) is 41.8 Å². The van der Waals surface area contributed by atoms with E-state index in [9.17, 15) is 4.79 Å². The fourth-order valence-corrected chi connectivity index (χ4v) is 4.17. The molecule has 3 rings (SSSR count). The molecule has 0 bridgehead atoms. The smallest absolute Gasteiger partial charge is 0.314 e. The van der Waals surface area contributed by atoms with Crippen LogP contribution in [-0.2, 0) is 0 Å². The highest BCUT2D eigenvalue weighted by atomic mass is 35.5. The molecule has 2 aromatic rings. The Bertz CT molecular complexity index is 773. The van der Waals surface area contributed by atoms with Gasteiger partial charge in [-0.2, -0.15) is 0 Å². The number of para-hydroxylation sites is 2. The van der Waals surface area contributed by atoms with Crippen molar-refractivity contribution >= 4 is 35.1 Å². The van der Waals surface area contributed by atoms with Gasteiger partial charge in [-0.1, -0.05) is 23.7 Å². The van der Waals surface area contributed by atoms with Gasteiger partial charge in [-0.25, -0.2) is 4.79 Å². The molecule has 150 valence electrons. The molecule has 0 radical (unpaired) electrons. The Labute approximate surface area is 175 Å². The van der Waals surface area contributed by atoms with Crippen molar-refractivity contribution in [3.05, 3.63) is 53.6 Å². The zero-order valence-electron chi connectivity index (χ0n) is 16.0. The number of methoxy groups -OCH3 is 1. The molecular weight excluding hydrogens is 394 g/mol. The highest BCUT2D eigenvalue weighted by molar-refractivity contribution is 7.99. The van der Waals surface area contributed by atoms with Crippen molar-refractivity contribution in [3.8, 4) is 5.75 Å². The van der Waals surface area contributed by atoms with Gasteiger partial charge in [-0.05, 0) is 48.7 Å². The summed E-state index contributed by atoms with van der Waals surface area (Å²) in [5.41, 5.74) is 1.12. The third-order valence-electron chi connectivity index (χ3n) is 4.73. The summed E-state index contributed by atoms with van der Waals surface area (Å²) in [7, 11) is 1.70. The Kier molecular flexibility index (Phi) is 7.74. The quantitative estimate of drug-likeness (QED) is 0.495. The lowest BCUT2D eigenvalue weighted by atomic mass is 10.1. The summed E-state index contributed by atoms with van der Waals surface area (Å²) in [5.74, 6) is 2.16. The number of rotatable bonds is 8. The number of hydrogen-bond acceptors (Lipinski definition) is 4. The molecule has 0 aromatic heterocycles. The van der Waals surface area contributed by atoms with E-state index in [1.165, 1.54) is 0 Å². The molecule has 2 amide bonds. The van der Waals surface area contributed by atoms with Crippen LogP contribution in [0.2, 0.25) is 5.02 Å². The molecule has 1 unspecified atom stereocenters. The predicted octanol–water partition coefficient (Wildman–Crippen LogP) is 4.27. The van der Waals surface area contributed by atoms with Gasteiger partial charge in [0.2, 0.25) is 0 Å². The summed E-state index contributed by atoms with van der Waals surface area (Å²) in [6.07, 6.45) is 1.06. The minimum atomic E-state index is -0.104. The number of thioether (sulfide) groups is 1. The number of carbonyl (C=O) groups excluding carboxylic acids is 1. The molecule has 2 N–H and O–H groups in total. The third kappa shape index (κ3) is 5.97. The number of carbonyl (C=O) groups is 1. The van der Waals surface area contributed by atoms with Gasteiger partial charge in [0.05, 0.1) is 12.8 Å². The number of urea groups is 1. The molecule has 0 saturated carbocycles. The fraction of sp³-hybridized carbons (Fsp3) is 0.381. The van der Waals surface area contributed by atoms with E-state index in [1.807, 2.05) is 42.5 Å². The van der Waals surface area contributed by atoms with Gasteiger partial charge < -0.3 is 20.3 Å². The molecule has 0 spiro atoms. The SMILES string of the molecule is COc1ccccc1N1CCC(CNC(=O)NCCSc2ccc(Cl)cc2)C1. The van der Waals surface area contributed by atoms with E-state index >= 15 is 0 Å². The first kappa shape index (κ1) is 20.7. The van der Waals surface area contributed by atoms with Crippen molar-refractivity contribution in [1.82, 2.24) is 10.6 Å². The maximum atomic E-state index is 12.0. The maximum absolute atomic E-state index is 12.0. The van der Waals surface area contributed by atoms with Crippen molar-refractivity contribution in [2.45, 2.75) is 11.3 Å². The number of ether oxygens (including phenoxy) is 1. The van der Waals surface area contributed by atoms with E-state index in [0.29, 0.717) is 19.0 Å². The van der Waals surface area contributed by atoms with Crippen molar-refractivity contribution in [3.63, 3.8) is 0 Å². The van der Waals surface area contributed by atoms with Crippen LogP contribution < -0.4 is 20.3 Å². The van der Waals surface area contributed by atoms with E-state index in [1.54, 1.807) is 18.9 Å². The Hall–Kier alpha value is -2.05. The minimum Gasteiger partial charge on any atom is -0.495 e. The minimum absolute atomic E-state index is 0.104. The van der Waals surface area contributed by atoms with E-state index in [2.05, 4.69) is 21.6 Å². The molecule has 7 heteroatoms. The lowest BCUT2D eigenvalue weighted by Crippen LogP contribution is -2.39. The summed E-state index contributed by atoms with van der Waals surface area (Å²) in [4.78, 5) is 15.5. The Morgan fingerprint density at radius 1 is 1.21 bits per heavy atom. The average molecular weight is 420 g/mol. The summed E-state index contributed by atoms with van der Waals surface area (Å²) < 4.78 is 5.45. The molecule has 1 heterocycles. The third-order valence-corrected chi connectivity index (χ3v) is 6.00. The Morgan fingerprint density at radius 3 is 2.79 bits per heavy atom. The first-order valence-corrected chi connectivity index (χ1v) is 10.8. The van der Waals surface area contributed by atoms with Crippen LogP contribution >= 0.6 is 23.4 Å². The molecular formula is C21H26ClN3O2S. The summed E-state index contributed by atoms with van der Waals surface area (Å²) in [6.45, 7) is 3.21. The van der Waals surface area contributed by atoms with Crippen molar-refractivity contribution in [2.24, 2.45) is 5.92 Å². The zero-order chi connectivity index (χ0) is 19.8. The number of benzene rings is 2. The molecule has 0 aliphatic carbocycles. The van der Waals surface area contributed by atoms with Crippen molar-refractivity contribution < 1.29 is 9.53 Å². The van der Waals surface area contributed by atoms with Gasteiger partial charge >= 0.3 is 6.03 Å². The van der Waals surface area contributed by atoms with Crippen LogP contribution in [0.1, 0.15) is 6.42 Å². The Balaban J connectivity index is 1.33. The molecule has 1 saturated heterocycles. The van der Waals surface area contributed by atoms with Crippen LogP contribution in [0.25, 0.3) is 0 Å². The summed E-state index contributed by atoms with van der Waals surface area (Å²) in [6, 6.07) is 15.7. The second-order valence-corrected chi connectivity index (χ2v) is 8.32. The van der Waals surface area contributed by atoms with Gasteiger partial charge in [-0.15, -0.1) is 11.8 Å². The van der Waals surface area contributed by atoms with E-state index < -0.39 is 0 Å². The van der Waals surface area contributed by atoms with Gasteiger partial charge in [0.15, 0.2) is 0 Å². The number of nitrogens with one attached hydrogen (secondary N) is 2. The molecule has 1 atom stereocenters. The topological polar surface area (TPSA) is 53.6 Å². The number of nitrogens with zero attached hydrogens (tertiary/aromatic N) is 1. The molecule has 1 aliphatic heterocycles. The number of anilines is 1. The second-order valence-electron chi connectivity index (χ2n) is 6.71. The van der Waals surface area contributed by atoms with E-state index in [0.717, 1.165) is 46.6 Å². The highest BCUT2D eigenvalue weighted by Crippen LogP contribution is 2.31. The summed E-state index contributed by atoms with van der Waals surface area (Å²) in [5, 5.41) is 6.65. The molecule has 1 aliphatic rings. The summed E-state index contributed by atoms with van der Waals surface area (Å²) >= 11 is 7.57. The van der Waals surface area contributed by atoms with Gasteiger partial charge in [-0.3, -0.25) is 0 Å². The number of halogens is 1. The van der Waals surface area contributed by atoms with Crippen LogP contribution in [0.15, 0.2) is 53.4 Å². The lowest BCUT2D eigenvalue weighted by Gasteiger charge is -2.21. The second kappa shape index (κ2) is 10.5. The van der Waals surface area contributed by atoms with Crippen LogP contribution in [0.5, 0.6) is 5.75 Å². The molecule has 2 aromatic carbocycles. The maximum Gasteiger partial charge on any atom is 0.314 e. The van der Waals surface area contributed by atoms with Crippen molar-refractivity contribution in [2.75, 3.05) is 43.9 Å². The van der Waals surface area contributed by atoms with Crippen LogP contribution in [0.4, 0.5) is 10.5 Å². The largest absolute Gasteiger partial charge is 0.495 e. The standard InChI is InChI=1S/C21H26ClN3O2S/c1-27-20-5-3-2-4-19(20)25-12-10-16(15-25)14-24-21(26)23-11-13-28-18-8-6-17(22)7-9-18/h2-9,16H,10-15H2,1H3,(H2,23,24,26). The van der Waals surface area contributed by atoms with Crippen LogP contribution in [-0.4, -0.2) is 45.1 Å². The monoisotopic (exact) mass is 419 g/mol. The van der Waals surface area contributed by atoms with Crippen LogP contribution in [0.3, 0.4) is 0 Å². The van der Waals surface area contributed by atoms with Crippen molar-refractivity contribution in [1.29, 1.82) is 0 Å². The number of hydrogen-bond donors (Lipinski definition) is 2. The Morgan fingerprint density at radius 2 is 2.00 bits per heavy atom. The fourth-order valence-electron chi connectivity index (χ4n) is 3.27. The highest BCUT2D eigenvalue weighted by Gasteiger charge is 2.24. The molecule has 28 heavy (non-hydrogen) atoms. The van der Waals surface area contributed by atoms with Crippen LogP contribution in [0, 0.1) is 5.92 Å². The van der Waals surface area contributed by atoms with E-state index in [-0.39, 0.29) is 6.03 Å². The average Bonchev–Trinajstić information content (AvgIpc) is 3.20. The normalized spacial score (nSPS) is 16.1. The van der Waals surface area contributed by atoms with Gasteiger partial charge in [0.25, 0.3) is 0 Å². The van der Waals surface area contributed by atoms with Gasteiger partial charge in [0.1, 0.15) is 5.75 Å². The predicted molar refractivity (Wildman–Crippen MR) is 117 cm³/mol. The first-order chi connectivity index (χ1) is 13.7. The lowest BCUT2D eigenvalue weighted by molar-refractivity contribution is 0.240. The van der Waals surface area contributed by atoms with E-state index in [4.69, 9.17) is 16.3 Å². The number of amides is 2. The first-order valence-electron chi connectivity index (χ1n) is 9.43. The molecule has 5 nitrogen and oxygen atoms in total. The molecule has 1 fully saturated rings.